The fourth-order valence-corrected chi connectivity index (χ4v) is 8.18. The second-order valence-electron chi connectivity index (χ2n) is 22.3. The number of carboxylic acid groups (broad SMARTS) is 1. The van der Waals surface area contributed by atoms with E-state index in [1.165, 1.54) is 44.9 Å². The molecule has 0 aliphatic carbocycles. The molecule has 0 rings (SSSR count). The quantitative estimate of drug-likeness (QED) is 0.0195. The highest BCUT2D eigenvalue weighted by molar-refractivity contribution is 5.70. The third kappa shape index (κ3) is 65.8. The lowest BCUT2D eigenvalue weighted by atomic mass is 10.0. The van der Waals surface area contributed by atoms with Gasteiger partial charge < -0.3 is 33.3 Å². The van der Waals surface area contributed by atoms with Crippen LogP contribution in [0.15, 0.2) is 182 Å². The number of rotatable bonds is 58. The molecule has 2 atom stereocenters. The predicted molar refractivity (Wildman–Crippen MR) is 361 cm³/mol. The number of quaternary nitrogens is 1. The number of hydrogen-bond donors (Lipinski definition) is 0. The number of unbranched alkanes of at least 4 members (excludes halogenated alkanes) is 13. The second kappa shape index (κ2) is 64.4. The van der Waals surface area contributed by atoms with Gasteiger partial charge in [0.05, 0.1) is 40.3 Å². The largest absolute Gasteiger partial charge is 0.545 e. The van der Waals surface area contributed by atoms with Gasteiger partial charge in [0, 0.05) is 12.8 Å². The standard InChI is InChI=1S/C76H119NO8/c1-6-8-10-12-14-16-18-20-22-24-26-28-30-32-34-35-36-37-38-39-41-42-44-46-48-50-52-54-56-58-60-62-64-66-73(78)83-70-72(71-84-76(75(80)81)82-69-68-77(3,4)5)85-74(79)67-65-63-61-59-57-55-53-51-49-47-45-43-40-33-31-29-27-25-23-21-19-17-15-13-11-9-7-2/h8-11,14-17,20-23,26-29,32-34,36-37,39-41,45,47,51,53,57,59,72,76H,6-7,12-13,18-19,24-25,30-31,35,38,42-44,46,48-50,52,54-56,58,60-71H2,1-5H3/b10-8-,11-9-,16-14-,17-15-,22-20-,23-21-,28-26-,29-27-,34-32-,37-36-,40-33-,41-39-,47-45-,53-51-,59-57-. The molecule has 2 unspecified atom stereocenters. The Kier molecular flexibility index (Phi) is 60.1. The van der Waals surface area contributed by atoms with Gasteiger partial charge in [-0.15, -0.1) is 0 Å². The highest BCUT2D eigenvalue weighted by atomic mass is 16.7. The van der Waals surface area contributed by atoms with E-state index < -0.39 is 24.3 Å². The number of esters is 2. The minimum absolute atomic E-state index is 0.128. The summed E-state index contributed by atoms with van der Waals surface area (Å²) in [6.45, 7) is 4.44. The number of aliphatic carboxylic acids is 1. The van der Waals surface area contributed by atoms with Crippen LogP contribution in [0, 0.1) is 0 Å². The molecule has 0 aromatic rings. The van der Waals surface area contributed by atoms with Crippen molar-refractivity contribution in [3.63, 3.8) is 0 Å². The van der Waals surface area contributed by atoms with Crippen molar-refractivity contribution in [3.8, 4) is 0 Å². The van der Waals surface area contributed by atoms with Crippen LogP contribution in [0.2, 0.25) is 0 Å². The first kappa shape index (κ1) is 79.4. The molecule has 0 N–H and O–H groups in total. The highest BCUT2D eigenvalue weighted by Crippen LogP contribution is 2.14. The minimum atomic E-state index is -1.65. The molecule has 0 aromatic carbocycles. The lowest BCUT2D eigenvalue weighted by molar-refractivity contribution is -0.870. The summed E-state index contributed by atoms with van der Waals surface area (Å²) in [7, 11) is 5.89. The average Bonchev–Trinajstić information content (AvgIpc) is 3.48. The maximum atomic E-state index is 12.9. The third-order valence-corrected chi connectivity index (χ3v) is 13.1. The minimum Gasteiger partial charge on any atom is -0.545 e. The van der Waals surface area contributed by atoms with Crippen LogP contribution >= 0.6 is 0 Å². The molecular formula is C76H119NO8. The maximum Gasteiger partial charge on any atom is 0.306 e. The molecule has 0 heterocycles. The molecule has 0 saturated carbocycles. The molecule has 0 radical (unpaired) electrons. The number of carbonyl (C=O) groups excluding carboxylic acids is 3. The molecule has 0 aromatic heterocycles. The van der Waals surface area contributed by atoms with Gasteiger partial charge in [-0.25, -0.2) is 0 Å². The zero-order chi connectivity index (χ0) is 61.9. The van der Waals surface area contributed by atoms with Gasteiger partial charge in [-0.3, -0.25) is 9.59 Å². The first-order valence-corrected chi connectivity index (χ1v) is 32.9. The normalized spacial score (nSPS) is 13.9. The van der Waals surface area contributed by atoms with E-state index in [-0.39, 0.29) is 38.6 Å². The summed E-state index contributed by atoms with van der Waals surface area (Å²) in [6, 6.07) is 0. The number of carboxylic acids is 1. The molecule has 0 saturated heterocycles. The number of nitrogens with zero attached hydrogens (tertiary/aromatic N) is 1. The fourth-order valence-electron chi connectivity index (χ4n) is 8.18. The lowest BCUT2D eigenvalue weighted by Gasteiger charge is -2.26. The molecule has 9 nitrogen and oxygen atoms in total. The van der Waals surface area contributed by atoms with E-state index in [0.717, 1.165) is 141 Å². The fraction of sp³-hybridized carbons (Fsp3) is 0.566. The molecule has 476 valence electrons. The van der Waals surface area contributed by atoms with Crippen molar-refractivity contribution in [2.45, 2.75) is 232 Å². The van der Waals surface area contributed by atoms with E-state index >= 15 is 0 Å². The molecule has 9 heteroatoms. The maximum absolute atomic E-state index is 12.9. The summed E-state index contributed by atoms with van der Waals surface area (Å²) in [6.07, 6.45) is 95.3. The Hall–Kier alpha value is -5.61. The summed E-state index contributed by atoms with van der Waals surface area (Å²) in [4.78, 5) is 37.4. The Morgan fingerprint density at radius 3 is 0.965 bits per heavy atom. The molecule has 0 spiro atoms. The molecule has 85 heavy (non-hydrogen) atoms. The molecule has 0 aliphatic heterocycles. The average molecular weight is 1170 g/mol. The molecule has 0 fully saturated rings. The summed E-state index contributed by atoms with van der Waals surface area (Å²) in [5.74, 6) is -2.37. The summed E-state index contributed by atoms with van der Waals surface area (Å²) in [5, 5.41) is 11.8. The molecule has 0 amide bonds. The van der Waals surface area contributed by atoms with Crippen molar-refractivity contribution in [1.29, 1.82) is 0 Å². The van der Waals surface area contributed by atoms with Crippen molar-refractivity contribution >= 4 is 17.9 Å². The van der Waals surface area contributed by atoms with Crippen LogP contribution in [0.1, 0.15) is 219 Å². The van der Waals surface area contributed by atoms with Gasteiger partial charge in [-0.05, 0) is 135 Å². The van der Waals surface area contributed by atoms with E-state index in [0.29, 0.717) is 17.4 Å². The van der Waals surface area contributed by atoms with Gasteiger partial charge in [0.25, 0.3) is 0 Å². The lowest BCUT2D eigenvalue weighted by Crippen LogP contribution is -2.44. The monoisotopic (exact) mass is 1170 g/mol. The Balaban J connectivity index is 4.30. The number of carbonyl (C=O) groups is 3. The zero-order valence-electron chi connectivity index (χ0n) is 54.1. The summed E-state index contributed by atoms with van der Waals surface area (Å²) in [5.41, 5.74) is 0. The summed E-state index contributed by atoms with van der Waals surface area (Å²) < 4.78 is 22.7. The molecule has 0 aliphatic rings. The number of ether oxygens (including phenoxy) is 4. The van der Waals surface area contributed by atoms with Crippen molar-refractivity contribution < 1.29 is 42.9 Å². The van der Waals surface area contributed by atoms with Crippen LogP contribution in [-0.2, 0) is 33.3 Å². The smallest absolute Gasteiger partial charge is 0.306 e. The molecular weight excluding hydrogens is 1050 g/mol. The highest BCUT2D eigenvalue weighted by Gasteiger charge is 2.22. The first-order valence-electron chi connectivity index (χ1n) is 32.9. The third-order valence-electron chi connectivity index (χ3n) is 13.1. The van der Waals surface area contributed by atoms with E-state index in [4.69, 9.17) is 18.9 Å². The van der Waals surface area contributed by atoms with Crippen molar-refractivity contribution in [2.75, 3.05) is 47.5 Å². The van der Waals surface area contributed by atoms with E-state index in [1.54, 1.807) is 0 Å². The first-order chi connectivity index (χ1) is 41.6. The van der Waals surface area contributed by atoms with Crippen molar-refractivity contribution in [3.05, 3.63) is 182 Å². The Bertz CT molecular complexity index is 2050. The van der Waals surface area contributed by atoms with Crippen molar-refractivity contribution in [2.24, 2.45) is 0 Å². The number of allylic oxidation sites excluding steroid dienone is 30. The van der Waals surface area contributed by atoms with Gasteiger partial charge in [0.1, 0.15) is 13.2 Å². The SMILES string of the molecule is CC/C=C\C/C=C\C/C=C\C/C=C\C/C=C\C/C=C\C/C=C\C/C=C\CCCCC(=O)OC(COC(=O)CCCCCCCCCCCCC/C=C\C/C=C\C/C=C\C/C=C\C/C=C\C/C=C\C/C=C\CC)COC(OCC[N+](C)(C)C)C(=O)[O-]. The zero-order valence-corrected chi connectivity index (χ0v) is 54.1. The van der Waals surface area contributed by atoms with Gasteiger partial charge >= 0.3 is 11.9 Å². The topological polar surface area (TPSA) is 111 Å². The van der Waals surface area contributed by atoms with Crippen LogP contribution in [0.5, 0.6) is 0 Å². The van der Waals surface area contributed by atoms with Crippen LogP contribution in [0.25, 0.3) is 0 Å². The van der Waals surface area contributed by atoms with E-state index in [1.807, 2.05) is 21.1 Å². The Morgan fingerprint density at radius 1 is 0.353 bits per heavy atom. The van der Waals surface area contributed by atoms with Crippen molar-refractivity contribution in [1.82, 2.24) is 0 Å². The Labute approximate surface area is 519 Å². The molecule has 0 bridgehead atoms. The van der Waals surface area contributed by atoms with Gasteiger partial charge in [0.15, 0.2) is 12.4 Å². The van der Waals surface area contributed by atoms with Crippen LogP contribution in [-0.4, -0.2) is 82.3 Å². The number of hydrogen-bond acceptors (Lipinski definition) is 8. The van der Waals surface area contributed by atoms with E-state index in [2.05, 4.69) is 196 Å². The predicted octanol–water partition coefficient (Wildman–Crippen LogP) is 19.1. The Morgan fingerprint density at radius 2 is 0.635 bits per heavy atom. The van der Waals surface area contributed by atoms with Crippen LogP contribution in [0.4, 0.5) is 0 Å². The van der Waals surface area contributed by atoms with Gasteiger partial charge in [-0.1, -0.05) is 254 Å². The van der Waals surface area contributed by atoms with Gasteiger partial charge in [0.2, 0.25) is 0 Å². The second-order valence-corrected chi connectivity index (χ2v) is 22.3. The number of likely N-dealkylation sites (N-methyl/N-ethyl adjacent to an activating group) is 1. The summed E-state index contributed by atoms with van der Waals surface area (Å²) >= 11 is 0. The van der Waals surface area contributed by atoms with E-state index in [9.17, 15) is 19.5 Å². The van der Waals surface area contributed by atoms with Gasteiger partial charge in [-0.2, -0.15) is 0 Å². The van der Waals surface area contributed by atoms with Crippen LogP contribution < -0.4 is 5.11 Å². The van der Waals surface area contributed by atoms with Crippen LogP contribution in [0.3, 0.4) is 0 Å².